The third kappa shape index (κ3) is 1.35. The third-order valence-corrected chi connectivity index (χ3v) is 3.22. The van der Waals surface area contributed by atoms with E-state index in [-0.39, 0.29) is 17.5 Å². The fourth-order valence-electron chi connectivity index (χ4n) is 2.22. The molecule has 0 amide bonds. The van der Waals surface area contributed by atoms with E-state index >= 15 is 0 Å². The van der Waals surface area contributed by atoms with Crippen LogP contribution in [0.15, 0.2) is 6.07 Å². The van der Waals surface area contributed by atoms with Crippen molar-refractivity contribution in [1.29, 1.82) is 0 Å². The van der Waals surface area contributed by atoms with E-state index in [0.717, 1.165) is 0 Å². The second-order valence-corrected chi connectivity index (χ2v) is 4.28. The van der Waals surface area contributed by atoms with Crippen LogP contribution in [0.5, 0.6) is 0 Å². The summed E-state index contributed by atoms with van der Waals surface area (Å²) in [6, 6.07) is 1.37. The molecule has 1 aromatic rings. The number of benzene rings is 1. The van der Waals surface area contributed by atoms with Crippen LogP contribution in [-0.2, 0) is 18.8 Å². The minimum absolute atomic E-state index is 0.104. The minimum Gasteiger partial charge on any atom is -0.203 e. The lowest BCUT2D eigenvalue weighted by atomic mass is 10.0. The van der Waals surface area contributed by atoms with Gasteiger partial charge in [-0.1, -0.05) is 19.9 Å². The molecular formula is C12H12F4. The van der Waals surface area contributed by atoms with Gasteiger partial charge >= 0.3 is 0 Å². The van der Waals surface area contributed by atoms with E-state index in [4.69, 9.17) is 0 Å². The van der Waals surface area contributed by atoms with E-state index in [9.17, 15) is 17.6 Å². The summed E-state index contributed by atoms with van der Waals surface area (Å²) >= 11 is 0. The summed E-state index contributed by atoms with van der Waals surface area (Å²) in [6.45, 7) is 3.02. The first-order valence-corrected chi connectivity index (χ1v) is 5.27. The minimum atomic E-state index is -3.26. The molecule has 1 aliphatic carbocycles. The van der Waals surface area contributed by atoms with Crippen molar-refractivity contribution in [2.24, 2.45) is 5.92 Å². The van der Waals surface area contributed by atoms with Crippen LogP contribution in [0.25, 0.3) is 0 Å². The molecule has 1 aliphatic rings. The summed E-state index contributed by atoms with van der Waals surface area (Å²) in [6.07, 6.45) is 0.405. The van der Waals surface area contributed by atoms with Gasteiger partial charge in [-0.25, -0.2) is 17.6 Å². The predicted molar refractivity (Wildman–Crippen MR) is 52.5 cm³/mol. The Bertz CT molecular complexity index is 437. The fraction of sp³-hybridized carbons (Fsp3) is 0.500. The Kier molecular flexibility index (Phi) is 2.48. The van der Waals surface area contributed by atoms with Gasteiger partial charge in [-0.2, -0.15) is 0 Å². The van der Waals surface area contributed by atoms with E-state index in [1.54, 1.807) is 6.92 Å². The highest BCUT2D eigenvalue weighted by molar-refractivity contribution is 5.42. The normalized spacial score (nSPS) is 22.2. The summed E-state index contributed by atoms with van der Waals surface area (Å²) < 4.78 is 54.2. The van der Waals surface area contributed by atoms with Gasteiger partial charge in [0.15, 0.2) is 11.6 Å². The zero-order valence-corrected chi connectivity index (χ0v) is 9.08. The van der Waals surface area contributed by atoms with E-state index < -0.39 is 29.0 Å². The number of aryl methyl sites for hydroxylation is 1. The predicted octanol–water partition coefficient (Wildman–Crippen LogP) is 3.81. The van der Waals surface area contributed by atoms with Crippen molar-refractivity contribution in [2.75, 3.05) is 0 Å². The molecular weight excluding hydrogens is 220 g/mol. The van der Waals surface area contributed by atoms with Crippen LogP contribution in [0, 0.1) is 17.6 Å². The SMILES string of the molecule is CCc1cc2c(c(F)c1F)C(F)(F)C(C)C2. The number of halogens is 4. The zero-order chi connectivity index (χ0) is 12.1. The van der Waals surface area contributed by atoms with Crippen LogP contribution < -0.4 is 0 Å². The molecule has 0 saturated heterocycles. The summed E-state index contributed by atoms with van der Waals surface area (Å²) in [5, 5.41) is 0. The lowest BCUT2D eigenvalue weighted by molar-refractivity contribution is -0.0481. The molecule has 0 nitrogen and oxygen atoms in total. The van der Waals surface area contributed by atoms with Crippen molar-refractivity contribution in [2.45, 2.75) is 32.6 Å². The van der Waals surface area contributed by atoms with Crippen molar-refractivity contribution < 1.29 is 17.6 Å². The van der Waals surface area contributed by atoms with Crippen LogP contribution in [0.2, 0.25) is 0 Å². The molecule has 0 fully saturated rings. The molecule has 2 rings (SSSR count). The summed E-state index contributed by atoms with van der Waals surface area (Å²) in [5.74, 6) is -6.73. The molecule has 88 valence electrons. The highest BCUT2D eigenvalue weighted by Crippen LogP contribution is 2.47. The largest absolute Gasteiger partial charge is 0.279 e. The number of rotatable bonds is 1. The van der Waals surface area contributed by atoms with E-state index in [2.05, 4.69) is 0 Å². The van der Waals surface area contributed by atoms with Crippen molar-refractivity contribution in [3.63, 3.8) is 0 Å². The summed E-state index contributed by atoms with van der Waals surface area (Å²) in [5.41, 5.74) is -0.330. The summed E-state index contributed by atoms with van der Waals surface area (Å²) in [7, 11) is 0. The molecule has 4 heteroatoms. The van der Waals surface area contributed by atoms with Gasteiger partial charge in [-0.05, 0) is 24.0 Å². The molecule has 0 radical (unpaired) electrons. The lowest BCUT2D eigenvalue weighted by Gasteiger charge is -2.16. The molecule has 0 bridgehead atoms. The standard InChI is InChI=1S/C12H12F4/c1-3-7-5-8-4-6(2)12(15,16)9(8)11(14)10(7)13/h5-6H,3-4H2,1-2H3. The molecule has 0 saturated carbocycles. The molecule has 0 aromatic heterocycles. The van der Waals surface area contributed by atoms with Crippen LogP contribution in [0.4, 0.5) is 17.6 Å². The highest BCUT2D eigenvalue weighted by Gasteiger charge is 2.49. The quantitative estimate of drug-likeness (QED) is 0.646. The maximum absolute atomic E-state index is 13.6. The molecule has 1 atom stereocenters. The Morgan fingerprint density at radius 3 is 2.50 bits per heavy atom. The van der Waals surface area contributed by atoms with Gasteiger partial charge in [0.25, 0.3) is 5.92 Å². The Hall–Kier alpha value is -1.06. The number of alkyl halides is 2. The first-order valence-electron chi connectivity index (χ1n) is 5.27. The number of fused-ring (bicyclic) bond motifs is 1. The van der Waals surface area contributed by atoms with Crippen LogP contribution in [0.1, 0.15) is 30.5 Å². The van der Waals surface area contributed by atoms with Crippen LogP contribution >= 0.6 is 0 Å². The fourth-order valence-corrected chi connectivity index (χ4v) is 2.22. The molecule has 1 unspecified atom stereocenters. The van der Waals surface area contributed by atoms with Gasteiger partial charge in [0.2, 0.25) is 0 Å². The molecule has 16 heavy (non-hydrogen) atoms. The van der Waals surface area contributed by atoms with Crippen molar-refractivity contribution in [1.82, 2.24) is 0 Å². The Balaban J connectivity index is 2.69. The van der Waals surface area contributed by atoms with Gasteiger partial charge in [-0.3, -0.25) is 0 Å². The summed E-state index contributed by atoms with van der Waals surface area (Å²) in [4.78, 5) is 0. The van der Waals surface area contributed by atoms with Gasteiger partial charge in [-0.15, -0.1) is 0 Å². The van der Waals surface area contributed by atoms with E-state index in [1.165, 1.54) is 13.0 Å². The maximum Gasteiger partial charge on any atom is 0.279 e. The van der Waals surface area contributed by atoms with E-state index in [0.29, 0.717) is 6.42 Å². The van der Waals surface area contributed by atoms with Gasteiger partial charge < -0.3 is 0 Å². The van der Waals surface area contributed by atoms with Crippen molar-refractivity contribution in [3.8, 4) is 0 Å². The average molecular weight is 232 g/mol. The number of hydrogen-bond acceptors (Lipinski definition) is 0. The topological polar surface area (TPSA) is 0 Å². The monoisotopic (exact) mass is 232 g/mol. The van der Waals surface area contributed by atoms with Gasteiger partial charge in [0.1, 0.15) is 0 Å². The molecule has 0 heterocycles. The van der Waals surface area contributed by atoms with Crippen LogP contribution in [-0.4, -0.2) is 0 Å². The molecule has 0 spiro atoms. The number of hydrogen-bond donors (Lipinski definition) is 0. The molecule has 1 aromatic carbocycles. The Morgan fingerprint density at radius 2 is 1.94 bits per heavy atom. The second kappa shape index (κ2) is 3.47. The third-order valence-electron chi connectivity index (χ3n) is 3.22. The molecule has 0 aliphatic heterocycles. The highest BCUT2D eigenvalue weighted by atomic mass is 19.3. The maximum atomic E-state index is 13.6. The second-order valence-electron chi connectivity index (χ2n) is 4.28. The Labute approximate surface area is 91.3 Å². The Morgan fingerprint density at radius 1 is 1.31 bits per heavy atom. The van der Waals surface area contributed by atoms with Crippen molar-refractivity contribution >= 4 is 0 Å². The van der Waals surface area contributed by atoms with Gasteiger partial charge in [0, 0.05) is 5.92 Å². The average Bonchev–Trinajstić information content (AvgIpc) is 2.44. The zero-order valence-electron chi connectivity index (χ0n) is 9.08. The smallest absolute Gasteiger partial charge is 0.203 e. The van der Waals surface area contributed by atoms with E-state index in [1.807, 2.05) is 0 Å². The van der Waals surface area contributed by atoms with Crippen molar-refractivity contribution in [3.05, 3.63) is 34.4 Å². The van der Waals surface area contributed by atoms with Gasteiger partial charge in [0.05, 0.1) is 5.56 Å². The lowest BCUT2D eigenvalue weighted by Crippen LogP contribution is -2.19. The first kappa shape index (κ1) is 11.4. The van der Waals surface area contributed by atoms with Crippen LogP contribution in [0.3, 0.4) is 0 Å². The first-order chi connectivity index (χ1) is 7.39. The molecule has 0 N–H and O–H groups in total.